The number of halogens is 3. The molecule has 0 amide bonds. The van der Waals surface area contributed by atoms with Gasteiger partial charge in [-0.05, 0) is 5.92 Å². The molecular formula is C6H12F3N. The summed E-state index contributed by atoms with van der Waals surface area (Å²) in [5.41, 5.74) is 4.88. The van der Waals surface area contributed by atoms with Crippen LogP contribution in [0.5, 0.6) is 0 Å². The summed E-state index contributed by atoms with van der Waals surface area (Å²) < 4.78 is 35.3. The first-order valence-electron chi connectivity index (χ1n) is 3.21. The fraction of sp³-hybridized carbons (Fsp3) is 1.00. The second kappa shape index (κ2) is 3.23. The molecule has 0 aromatic heterocycles. The van der Waals surface area contributed by atoms with Crippen LogP contribution in [0.3, 0.4) is 0 Å². The lowest BCUT2D eigenvalue weighted by atomic mass is 10.00. The summed E-state index contributed by atoms with van der Waals surface area (Å²) in [6.07, 6.45) is -3.78. The van der Waals surface area contributed by atoms with Gasteiger partial charge >= 0.3 is 6.18 Å². The average molecular weight is 155 g/mol. The van der Waals surface area contributed by atoms with E-state index in [1.165, 1.54) is 6.92 Å². The first kappa shape index (κ1) is 9.75. The Labute approximate surface area is 58.4 Å². The van der Waals surface area contributed by atoms with E-state index >= 15 is 0 Å². The van der Waals surface area contributed by atoms with Gasteiger partial charge in [0.25, 0.3) is 0 Å². The fourth-order valence-electron chi connectivity index (χ4n) is 0.577. The Morgan fingerprint density at radius 3 is 1.90 bits per heavy atom. The lowest BCUT2D eigenvalue weighted by Crippen LogP contribution is -2.42. The minimum atomic E-state index is -4.24. The van der Waals surface area contributed by atoms with E-state index in [0.29, 0.717) is 6.42 Å². The maximum Gasteiger partial charge on any atom is 0.403 e. The third kappa shape index (κ3) is 2.56. The Balaban J connectivity index is 3.94. The quantitative estimate of drug-likeness (QED) is 0.647. The lowest BCUT2D eigenvalue weighted by molar-refractivity contribution is -0.157. The van der Waals surface area contributed by atoms with Crippen molar-refractivity contribution in [1.29, 1.82) is 0 Å². The molecular weight excluding hydrogens is 143 g/mol. The highest BCUT2D eigenvalue weighted by Crippen LogP contribution is 2.24. The molecule has 0 rings (SSSR count). The highest BCUT2D eigenvalue weighted by molar-refractivity contribution is 4.75. The predicted molar refractivity (Wildman–Crippen MR) is 33.5 cm³/mol. The van der Waals surface area contributed by atoms with Crippen LogP contribution < -0.4 is 5.73 Å². The van der Waals surface area contributed by atoms with E-state index in [9.17, 15) is 13.2 Å². The summed E-state index contributed by atoms with van der Waals surface area (Å²) in [6, 6.07) is -1.67. The van der Waals surface area contributed by atoms with Gasteiger partial charge in [0.05, 0.1) is 0 Å². The molecule has 0 aliphatic carbocycles. The van der Waals surface area contributed by atoms with Gasteiger partial charge in [-0.1, -0.05) is 20.3 Å². The van der Waals surface area contributed by atoms with Crippen LogP contribution in [-0.4, -0.2) is 12.2 Å². The van der Waals surface area contributed by atoms with E-state index in [1.54, 1.807) is 6.92 Å². The highest BCUT2D eigenvalue weighted by atomic mass is 19.4. The van der Waals surface area contributed by atoms with Crippen LogP contribution in [0.15, 0.2) is 0 Å². The Bertz CT molecular complexity index is 99.7. The van der Waals surface area contributed by atoms with E-state index < -0.39 is 18.1 Å². The zero-order valence-electron chi connectivity index (χ0n) is 6.07. The normalized spacial score (nSPS) is 18.6. The molecule has 0 radical (unpaired) electrons. The van der Waals surface area contributed by atoms with Crippen LogP contribution in [0, 0.1) is 5.92 Å². The topological polar surface area (TPSA) is 26.0 Å². The average Bonchev–Trinajstić information content (AvgIpc) is 1.83. The zero-order valence-corrected chi connectivity index (χ0v) is 6.07. The molecule has 1 nitrogen and oxygen atoms in total. The van der Waals surface area contributed by atoms with Crippen molar-refractivity contribution in [3.8, 4) is 0 Å². The molecule has 0 bridgehead atoms. The largest absolute Gasteiger partial charge is 0.403 e. The standard InChI is InChI=1S/C6H12F3N/c1-3-4(2)5(10)6(7,8)9/h4-5H,3,10H2,1-2H3/t4-,5+/m0/s1. The van der Waals surface area contributed by atoms with Gasteiger partial charge in [0.15, 0.2) is 0 Å². The van der Waals surface area contributed by atoms with Crippen LogP contribution >= 0.6 is 0 Å². The molecule has 0 aromatic carbocycles. The van der Waals surface area contributed by atoms with Crippen molar-refractivity contribution < 1.29 is 13.2 Å². The monoisotopic (exact) mass is 155 g/mol. The Morgan fingerprint density at radius 1 is 1.40 bits per heavy atom. The maximum absolute atomic E-state index is 11.8. The van der Waals surface area contributed by atoms with Gasteiger partial charge in [0, 0.05) is 0 Å². The molecule has 0 saturated carbocycles. The van der Waals surface area contributed by atoms with Crippen molar-refractivity contribution in [2.24, 2.45) is 11.7 Å². The van der Waals surface area contributed by atoms with Crippen LogP contribution in [0.25, 0.3) is 0 Å². The SMILES string of the molecule is CC[C@H](C)[C@@H](N)C(F)(F)F. The second-order valence-electron chi connectivity index (χ2n) is 2.45. The van der Waals surface area contributed by atoms with Gasteiger partial charge in [-0.3, -0.25) is 0 Å². The summed E-state index contributed by atoms with van der Waals surface area (Å²) >= 11 is 0. The third-order valence-electron chi connectivity index (χ3n) is 1.63. The second-order valence-corrected chi connectivity index (χ2v) is 2.45. The molecule has 0 heterocycles. The van der Waals surface area contributed by atoms with Gasteiger partial charge in [0.1, 0.15) is 6.04 Å². The molecule has 0 aliphatic heterocycles. The van der Waals surface area contributed by atoms with Crippen LogP contribution in [0.1, 0.15) is 20.3 Å². The molecule has 2 atom stereocenters. The maximum atomic E-state index is 11.8. The molecule has 10 heavy (non-hydrogen) atoms. The first-order chi connectivity index (χ1) is 4.39. The van der Waals surface area contributed by atoms with Gasteiger partial charge in [-0.2, -0.15) is 13.2 Å². The fourth-order valence-corrected chi connectivity index (χ4v) is 0.577. The van der Waals surface area contributed by atoms with E-state index in [2.05, 4.69) is 0 Å². The van der Waals surface area contributed by atoms with E-state index in [-0.39, 0.29) is 0 Å². The van der Waals surface area contributed by atoms with Gasteiger partial charge in [-0.25, -0.2) is 0 Å². The first-order valence-corrected chi connectivity index (χ1v) is 3.21. The van der Waals surface area contributed by atoms with E-state index in [0.717, 1.165) is 0 Å². The van der Waals surface area contributed by atoms with Gasteiger partial charge in [-0.15, -0.1) is 0 Å². The van der Waals surface area contributed by atoms with E-state index in [4.69, 9.17) is 5.73 Å². The molecule has 62 valence electrons. The summed E-state index contributed by atoms with van der Waals surface area (Å²) in [6.45, 7) is 3.19. The van der Waals surface area contributed by atoms with Gasteiger partial charge < -0.3 is 5.73 Å². The Kier molecular flexibility index (Phi) is 3.15. The highest BCUT2D eigenvalue weighted by Gasteiger charge is 2.39. The summed E-state index contributed by atoms with van der Waals surface area (Å²) in [7, 11) is 0. The summed E-state index contributed by atoms with van der Waals surface area (Å²) in [4.78, 5) is 0. The van der Waals surface area contributed by atoms with Crippen LogP contribution in [0.2, 0.25) is 0 Å². The number of rotatable bonds is 2. The lowest BCUT2D eigenvalue weighted by Gasteiger charge is -2.20. The minimum absolute atomic E-state index is 0.459. The van der Waals surface area contributed by atoms with Crippen molar-refractivity contribution in [1.82, 2.24) is 0 Å². The summed E-state index contributed by atoms with van der Waals surface area (Å²) in [5, 5.41) is 0. The van der Waals surface area contributed by atoms with Crippen molar-refractivity contribution >= 4 is 0 Å². The number of alkyl halides is 3. The summed E-state index contributed by atoms with van der Waals surface area (Å²) in [5.74, 6) is -0.486. The molecule has 2 N–H and O–H groups in total. The molecule has 0 fully saturated rings. The zero-order chi connectivity index (χ0) is 8.36. The molecule has 4 heteroatoms. The molecule has 0 aliphatic rings. The van der Waals surface area contributed by atoms with E-state index in [1.807, 2.05) is 0 Å². The molecule has 0 aromatic rings. The number of nitrogens with two attached hydrogens (primary N) is 1. The third-order valence-corrected chi connectivity index (χ3v) is 1.63. The van der Waals surface area contributed by atoms with Crippen LogP contribution in [-0.2, 0) is 0 Å². The predicted octanol–water partition coefficient (Wildman–Crippen LogP) is 1.92. The molecule has 0 spiro atoms. The van der Waals surface area contributed by atoms with Crippen molar-refractivity contribution in [3.05, 3.63) is 0 Å². The molecule has 0 saturated heterocycles. The smallest absolute Gasteiger partial charge is 0.320 e. The minimum Gasteiger partial charge on any atom is -0.320 e. The Morgan fingerprint density at radius 2 is 1.80 bits per heavy atom. The van der Waals surface area contributed by atoms with Crippen molar-refractivity contribution in [2.45, 2.75) is 32.5 Å². The number of hydrogen-bond acceptors (Lipinski definition) is 1. The van der Waals surface area contributed by atoms with Crippen LogP contribution in [0.4, 0.5) is 13.2 Å². The van der Waals surface area contributed by atoms with Gasteiger partial charge in [0.2, 0.25) is 0 Å². The van der Waals surface area contributed by atoms with Crippen molar-refractivity contribution in [3.63, 3.8) is 0 Å². The molecule has 0 unspecified atom stereocenters. The van der Waals surface area contributed by atoms with Crippen molar-refractivity contribution in [2.75, 3.05) is 0 Å². The Hall–Kier alpha value is -0.250. The number of hydrogen-bond donors (Lipinski definition) is 1.